The van der Waals surface area contributed by atoms with Gasteiger partial charge in [-0.05, 0) is 55.0 Å². The molecule has 1 amide bonds. The van der Waals surface area contributed by atoms with E-state index in [1.165, 1.54) is 24.3 Å². The number of fused-ring (bicyclic) bond motifs is 2. The molecule has 2 aromatic carbocycles. The molecular formula is C24H18N6O3S. The fraction of sp³-hybridized carbons (Fsp3) is 0.0417. The Balaban J connectivity index is 1.42. The van der Waals surface area contributed by atoms with Crippen molar-refractivity contribution in [3.63, 3.8) is 0 Å². The maximum absolute atomic E-state index is 13.1. The predicted molar refractivity (Wildman–Crippen MR) is 129 cm³/mol. The second-order valence-corrected chi connectivity index (χ2v) is 9.38. The summed E-state index contributed by atoms with van der Waals surface area (Å²) in [5.74, 6) is -0.148. The minimum Gasteiger partial charge on any atom is -0.358 e. The van der Waals surface area contributed by atoms with E-state index in [0.717, 1.165) is 10.9 Å². The van der Waals surface area contributed by atoms with Crippen LogP contribution in [0.2, 0.25) is 0 Å². The first-order valence-electron chi connectivity index (χ1n) is 10.2. The third-order valence-electron chi connectivity index (χ3n) is 5.47. The largest absolute Gasteiger partial charge is 0.358 e. The number of aromatic nitrogens is 3. The van der Waals surface area contributed by atoms with E-state index in [1.807, 2.05) is 19.1 Å². The zero-order chi connectivity index (χ0) is 23.9. The zero-order valence-electron chi connectivity index (χ0n) is 17.9. The lowest BCUT2D eigenvalue weighted by Crippen LogP contribution is -2.16. The van der Waals surface area contributed by atoms with Gasteiger partial charge >= 0.3 is 0 Å². The molecule has 10 heteroatoms. The van der Waals surface area contributed by atoms with Crippen molar-refractivity contribution in [1.82, 2.24) is 15.0 Å². The zero-order valence-corrected chi connectivity index (χ0v) is 18.7. The Kier molecular flexibility index (Phi) is 5.03. The minimum atomic E-state index is -4.02. The number of hydrogen-bond donors (Lipinski definition) is 4. The highest BCUT2D eigenvalue weighted by molar-refractivity contribution is 7.92. The summed E-state index contributed by atoms with van der Waals surface area (Å²) in [6.45, 7) is 1.85. The Hall–Kier alpha value is -4.62. The van der Waals surface area contributed by atoms with Crippen LogP contribution in [-0.2, 0) is 10.0 Å². The van der Waals surface area contributed by atoms with Crippen LogP contribution < -0.4 is 10.0 Å². The van der Waals surface area contributed by atoms with Gasteiger partial charge in [-0.15, -0.1) is 0 Å². The van der Waals surface area contributed by atoms with Gasteiger partial charge in [0.15, 0.2) is 0 Å². The maximum Gasteiger partial charge on any atom is 0.261 e. The summed E-state index contributed by atoms with van der Waals surface area (Å²) in [5, 5.41) is 13.6. The van der Waals surface area contributed by atoms with Crippen LogP contribution in [0.4, 0.5) is 11.5 Å². The van der Waals surface area contributed by atoms with Gasteiger partial charge in [0.05, 0.1) is 21.7 Å². The fourth-order valence-electron chi connectivity index (χ4n) is 3.79. The van der Waals surface area contributed by atoms with Gasteiger partial charge in [0.2, 0.25) is 0 Å². The number of sulfonamides is 1. The molecule has 3 heterocycles. The maximum atomic E-state index is 13.1. The first kappa shape index (κ1) is 21.2. The van der Waals surface area contributed by atoms with Crippen LogP contribution in [0.1, 0.15) is 21.5 Å². The van der Waals surface area contributed by atoms with Crippen molar-refractivity contribution >= 4 is 49.4 Å². The van der Waals surface area contributed by atoms with E-state index in [2.05, 4.69) is 31.1 Å². The van der Waals surface area contributed by atoms with Gasteiger partial charge in [-0.2, -0.15) is 5.26 Å². The van der Waals surface area contributed by atoms with Gasteiger partial charge in [0.25, 0.3) is 15.9 Å². The first-order chi connectivity index (χ1) is 16.4. The smallest absolute Gasteiger partial charge is 0.261 e. The lowest BCUT2D eigenvalue weighted by atomic mass is 10.1. The van der Waals surface area contributed by atoms with Crippen molar-refractivity contribution in [3.05, 3.63) is 83.7 Å². The number of carbonyl (C=O) groups is 1. The summed E-state index contributed by atoms with van der Waals surface area (Å²) in [6.07, 6.45) is 3.29. The van der Waals surface area contributed by atoms with E-state index in [4.69, 9.17) is 0 Å². The summed E-state index contributed by atoms with van der Waals surface area (Å²) in [7, 11) is -4.02. The monoisotopic (exact) mass is 470 g/mol. The number of nitrogens with one attached hydrogen (secondary N) is 4. The van der Waals surface area contributed by atoms with Gasteiger partial charge in [0.1, 0.15) is 17.5 Å². The molecule has 0 bridgehead atoms. The van der Waals surface area contributed by atoms with E-state index in [-0.39, 0.29) is 10.5 Å². The number of hydrogen-bond acceptors (Lipinski definition) is 5. The molecule has 0 fully saturated rings. The average molecular weight is 471 g/mol. The number of nitriles is 1. The molecule has 4 N–H and O–H groups in total. The van der Waals surface area contributed by atoms with Crippen molar-refractivity contribution in [1.29, 1.82) is 5.26 Å². The molecule has 0 aliphatic carbocycles. The summed E-state index contributed by atoms with van der Waals surface area (Å²) in [5.41, 5.74) is 2.89. The summed E-state index contributed by atoms with van der Waals surface area (Å²) >= 11 is 0. The van der Waals surface area contributed by atoms with Gasteiger partial charge < -0.3 is 15.3 Å². The standard InChI is InChI=1S/C24H18N6O3S/c1-14-5-7-19(22-21(14)17(12-25)13-27-22)30-34(32,33)18-4-2-3-16(11-18)24(31)29-20-8-6-15-9-10-26-23(15)28-20/h2-11,13,27,30H,1H3,(H2,26,28,29,31). The number of aromatic amines is 2. The summed E-state index contributed by atoms with van der Waals surface area (Å²) in [4.78, 5) is 23.0. The number of rotatable bonds is 5. The Labute approximate surface area is 194 Å². The molecule has 0 saturated heterocycles. The first-order valence-corrected chi connectivity index (χ1v) is 11.7. The van der Waals surface area contributed by atoms with Crippen LogP contribution in [0, 0.1) is 18.3 Å². The molecule has 5 aromatic rings. The van der Waals surface area contributed by atoms with Crippen LogP contribution in [0.3, 0.4) is 0 Å². The molecule has 168 valence electrons. The minimum absolute atomic E-state index is 0.0753. The quantitative estimate of drug-likeness (QED) is 0.303. The van der Waals surface area contributed by atoms with Crippen molar-refractivity contribution in [2.75, 3.05) is 10.0 Å². The van der Waals surface area contributed by atoms with Crippen molar-refractivity contribution in [2.45, 2.75) is 11.8 Å². The third-order valence-corrected chi connectivity index (χ3v) is 6.83. The average Bonchev–Trinajstić information content (AvgIpc) is 3.48. The van der Waals surface area contributed by atoms with E-state index in [9.17, 15) is 18.5 Å². The predicted octanol–water partition coefficient (Wildman–Crippen LogP) is 4.28. The molecule has 34 heavy (non-hydrogen) atoms. The van der Waals surface area contributed by atoms with E-state index >= 15 is 0 Å². The Morgan fingerprint density at radius 3 is 2.76 bits per heavy atom. The molecule has 3 aromatic heterocycles. The highest BCUT2D eigenvalue weighted by atomic mass is 32.2. The molecule has 0 atom stereocenters. The van der Waals surface area contributed by atoms with Crippen LogP contribution in [0.5, 0.6) is 0 Å². The molecule has 9 nitrogen and oxygen atoms in total. The van der Waals surface area contributed by atoms with Gasteiger partial charge in [0, 0.05) is 28.7 Å². The summed E-state index contributed by atoms with van der Waals surface area (Å²) < 4.78 is 28.8. The van der Waals surface area contributed by atoms with Gasteiger partial charge in [-0.1, -0.05) is 12.1 Å². The number of benzene rings is 2. The number of aryl methyl sites for hydroxylation is 1. The lowest BCUT2D eigenvalue weighted by Gasteiger charge is -2.11. The Bertz CT molecular complexity index is 1730. The highest BCUT2D eigenvalue weighted by Crippen LogP contribution is 2.30. The molecule has 0 radical (unpaired) electrons. The fourth-order valence-corrected chi connectivity index (χ4v) is 4.91. The number of amides is 1. The second kappa shape index (κ2) is 8.06. The van der Waals surface area contributed by atoms with Crippen LogP contribution in [0.15, 0.2) is 71.9 Å². The highest BCUT2D eigenvalue weighted by Gasteiger charge is 2.19. The molecule has 5 rings (SSSR count). The molecular weight excluding hydrogens is 452 g/mol. The van der Waals surface area contributed by atoms with E-state index in [1.54, 1.807) is 30.6 Å². The molecule has 0 aliphatic rings. The van der Waals surface area contributed by atoms with Crippen molar-refractivity contribution < 1.29 is 13.2 Å². The number of carbonyl (C=O) groups excluding carboxylic acids is 1. The SMILES string of the molecule is Cc1ccc(NS(=O)(=O)c2cccc(C(=O)Nc3ccc4cc[nH]c4n3)c2)c2[nH]cc(C#N)c12. The van der Waals surface area contributed by atoms with Gasteiger partial charge in [-0.3, -0.25) is 9.52 Å². The number of anilines is 2. The Morgan fingerprint density at radius 1 is 1.09 bits per heavy atom. The topological polar surface area (TPSA) is 144 Å². The van der Waals surface area contributed by atoms with Crippen LogP contribution >= 0.6 is 0 Å². The molecule has 0 unspecified atom stereocenters. The number of pyridine rings is 1. The Morgan fingerprint density at radius 2 is 1.94 bits per heavy atom. The molecule has 0 saturated carbocycles. The number of nitrogens with zero attached hydrogens (tertiary/aromatic N) is 2. The lowest BCUT2D eigenvalue weighted by molar-refractivity contribution is 0.102. The molecule has 0 spiro atoms. The van der Waals surface area contributed by atoms with E-state index < -0.39 is 15.9 Å². The third kappa shape index (κ3) is 3.74. The van der Waals surface area contributed by atoms with E-state index in [0.29, 0.717) is 33.6 Å². The van der Waals surface area contributed by atoms with Gasteiger partial charge in [-0.25, -0.2) is 13.4 Å². The summed E-state index contributed by atoms with van der Waals surface area (Å²) in [6, 6.07) is 16.6. The second-order valence-electron chi connectivity index (χ2n) is 7.69. The molecule has 0 aliphatic heterocycles. The van der Waals surface area contributed by atoms with Crippen molar-refractivity contribution in [2.24, 2.45) is 0 Å². The van der Waals surface area contributed by atoms with Crippen LogP contribution in [-0.4, -0.2) is 29.3 Å². The van der Waals surface area contributed by atoms with Crippen molar-refractivity contribution in [3.8, 4) is 6.07 Å². The number of H-pyrrole nitrogens is 2. The van der Waals surface area contributed by atoms with Crippen LogP contribution in [0.25, 0.3) is 21.9 Å². The normalized spacial score (nSPS) is 11.4.